The van der Waals surface area contributed by atoms with Crippen LogP contribution in [0, 0.1) is 18.2 Å². The Morgan fingerprint density at radius 2 is 2.07 bits per heavy atom. The molecule has 0 saturated carbocycles. The molecule has 1 unspecified atom stereocenters. The highest BCUT2D eigenvalue weighted by Crippen LogP contribution is 2.41. The van der Waals surface area contributed by atoms with E-state index in [0.717, 1.165) is 25.8 Å². The molecular formula is C32H33F2N5O4. The number of amides is 1. The average molecular weight is 590 g/mol. The zero-order chi connectivity index (χ0) is 29.7. The molecule has 0 radical (unpaired) electrons. The third-order valence-corrected chi connectivity index (χ3v) is 9.21. The molecule has 2 atom stereocenters. The molecule has 5 heterocycles. The van der Waals surface area contributed by atoms with E-state index in [1.807, 2.05) is 0 Å². The van der Waals surface area contributed by atoms with Crippen molar-refractivity contribution in [2.45, 2.75) is 50.4 Å². The smallest absolute Gasteiger partial charge is 0.318 e. The zero-order valence-corrected chi connectivity index (χ0v) is 23.8. The van der Waals surface area contributed by atoms with Gasteiger partial charge in [-0.3, -0.25) is 9.69 Å². The molecule has 0 bridgehead atoms. The molecule has 3 aromatic rings. The number of rotatable bonds is 5. The zero-order valence-electron chi connectivity index (χ0n) is 23.8. The first-order valence-electron chi connectivity index (χ1n) is 14.8. The maximum atomic E-state index is 14.8. The maximum absolute atomic E-state index is 14.8. The lowest BCUT2D eigenvalue weighted by Crippen LogP contribution is -2.44. The van der Waals surface area contributed by atoms with Crippen molar-refractivity contribution >= 4 is 28.2 Å². The number of ether oxygens (including phenoxy) is 2. The van der Waals surface area contributed by atoms with E-state index < -0.39 is 12.0 Å². The summed E-state index contributed by atoms with van der Waals surface area (Å²) >= 11 is 0. The Kier molecular flexibility index (Phi) is 7.06. The van der Waals surface area contributed by atoms with E-state index in [1.54, 1.807) is 0 Å². The molecule has 4 aliphatic rings. The van der Waals surface area contributed by atoms with Crippen LogP contribution in [0.5, 0.6) is 11.8 Å². The summed E-state index contributed by atoms with van der Waals surface area (Å²) in [6, 6.07) is 5.88. The van der Waals surface area contributed by atoms with Crippen molar-refractivity contribution in [3.8, 4) is 24.1 Å². The number of aromatic nitrogens is 2. The normalized spacial score (nSPS) is 24.1. The van der Waals surface area contributed by atoms with Gasteiger partial charge in [0.25, 0.3) is 0 Å². The highest BCUT2D eigenvalue weighted by molar-refractivity contribution is 6.08. The second-order valence-corrected chi connectivity index (χ2v) is 11.9. The van der Waals surface area contributed by atoms with Gasteiger partial charge in [0.05, 0.1) is 42.1 Å². The quantitative estimate of drug-likeness (QED) is 0.451. The number of hydrogen-bond acceptors (Lipinski definition) is 8. The third kappa shape index (κ3) is 4.92. The van der Waals surface area contributed by atoms with Crippen molar-refractivity contribution < 1.29 is 28.2 Å². The van der Waals surface area contributed by atoms with Crippen molar-refractivity contribution in [2.75, 3.05) is 55.8 Å². The topological polar surface area (TPSA) is 91.3 Å². The fraction of sp³-hybridized carbons (Fsp3) is 0.469. The van der Waals surface area contributed by atoms with Crippen molar-refractivity contribution in [2.24, 2.45) is 0 Å². The molecule has 1 aromatic heterocycles. The van der Waals surface area contributed by atoms with Crippen molar-refractivity contribution in [3.63, 3.8) is 0 Å². The molecule has 2 aromatic carbocycles. The van der Waals surface area contributed by atoms with E-state index in [9.17, 15) is 18.7 Å². The summed E-state index contributed by atoms with van der Waals surface area (Å²) in [7, 11) is 0. The number of phenolic OH excluding ortho intramolecular Hbond substituents is 1. The molecular weight excluding hydrogens is 556 g/mol. The Balaban J connectivity index is 1.29. The predicted molar refractivity (Wildman–Crippen MR) is 157 cm³/mol. The van der Waals surface area contributed by atoms with Crippen LogP contribution in [-0.2, 0) is 22.5 Å². The lowest BCUT2D eigenvalue weighted by Gasteiger charge is -2.33. The molecule has 9 nitrogen and oxygen atoms in total. The molecule has 7 rings (SSSR count). The first kappa shape index (κ1) is 27.8. The fourth-order valence-electron chi connectivity index (χ4n) is 7.20. The SMILES string of the molecule is C#Cc1c(F)ccc2cc(O)cc(N3Cc4nc(OCC56CCCN5C[C@H](F)C6)nc(N5CCCOCC5)c4CC3=O)c12. The van der Waals surface area contributed by atoms with Crippen LogP contribution in [0.4, 0.5) is 20.3 Å². The van der Waals surface area contributed by atoms with Crippen molar-refractivity contribution in [1.29, 1.82) is 0 Å². The molecule has 224 valence electrons. The fourth-order valence-corrected chi connectivity index (χ4v) is 7.20. The van der Waals surface area contributed by atoms with Gasteiger partial charge in [-0.15, -0.1) is 6.42 Å². The lowest BCUT2D eigenvalue weighted by molar-refractivity contribution is -0.118. The highest BCUT2D eigenvalue weighted by atomic mass is 19.1. The number of phenols is 1. The second-order valence-electron chi connectivity index (χ2n) is 11.9. The summed E-state index contributed by atoms with van der Waals surface area (Å²) in [5, 5.41) is 11.4. The minimum atomic E-state index is -0.879. The Morgan fingerprint density at radius 3 is 2.93 bits per heavy atom. The molecule has 1 N–H and O–H groups in total. The minimum Gasteiger partial charge on any atom is -0.508 e. The summed E-state index contributed by atoms with van der Waals surface area (Å²) in [6.07, 6.45) is 7.90. The summed E-state index contributed by atoms with van der Waals surface area (Å²) in [6.45, 7) is 4.06. The van der Waals surface area contributed by atoms with Crippen LogP contribution in [-0.4, -0.2) is 83.6 Å². The number of hydrogen-bond donors (Lipinski definition) is 1. The molecule has 0 spiro atoms. The average Bonchev–Trinajstić information content (AvgIpc) is 3.37. The largest absolute Gasteiger partial charge is 0.508 e. The number of aromatic hydroxyl groups is 1. The van der Waals surface area contributed by atoms with E-state index in [0.29, 0.717) is 72.8 Å². The van der Waals surface area contributed by atoms with E-state index in [4.69, 9.17) is 25.9 Å². The van der Waals surface area contributed by atoms with Crippen molar-refractivity contribution in [3.05, 3.63) is 46.9 Å². The number of nitrogens with zero attached hydrogens (tertiary/aromatic N) is 5. The van der Waals surface area contributed by atoms with Gasteiger partial charge in [0.1, 0.15) is 30.2 Å². The Hall–Kier alpha value is -4.01. The first-order chi connectivity index (χ1) is 20.8. The number of carbonyl (C=O) groups is 1. The number of fused-ring (bicyclic) bond motifs is 3. The van der Waals surface area contributed by atoms with Gasteiger partial charge in [-0.05, 0) is 43.3 Å². The van der Waals surface area contributed by atoms with Gasteiger partial charge < -0.3 is 24.4 Å². The van der Waals surface area contributed by atoms with E-state index in [2.05, 4.69) is 15.7 Å². The number of halogens is 2. The number of benzene rings is 2. The van der Waals surface area contributed by atoms with Gasteiger partial charge in [-0.2, -0.15) is 9.97 Å². The van der Waals surface area contributed by atoms with Gasteiger partial charge >= 0.3 is 6.01 Å². The van der Waals surface area contributed by atoms with Crippen LogP contribution < -0.4 is 14.5 Å². The molecule has 3 saturated heterocycles. The van der Waals surface area contributed by atoms with Crippen LogP contribution in [0.1, 0.15) is 42.5 Å². The first-order valence-corrected chi connectivity index (χ1v) is 14.8. The summed E-state index contributed by atoms with van der Waals surface area (Å²) in [5.74, 6) is 2.13. The van der Waals surface area contributed by atoms with Gasteiger partial charge in [0.2, 0.25) is 5.91 Å². The van der Waals surface area contributed by atoms with E-state index >= 15 is 0 Å². The standard InChI is InChI=1S/C32H33F2N5O4/c1-2-23-25(34)6-5-20-13-22(40)14-27(29(20)23)39-18-26-24(15-28(39)41)30(37-8-4-11-42-12-10-37)36-31(35-26)43-19-32-7-3-9-38(32)17-21(33)16-32/h1,5-6,13-14,21,40H,3-4,7-12,15-19H2/t21-,32?/m1/s1. The predicted octanol–water partition coefficient (Wildman–Crippen LogP) is 3.73. The van der Waals surface area contributed by atoms with Crippen LogP contribution in [0.25, 0.3) is 10.8 Å². The lowest BCUT2D eigenvalue weighted by atomic mass is 9.95. The number of anilines is 2. The maximum Gasteiger partial charge on any atom is 0.318 e. The van der Waals surface area contributed by atoms with Crippen LogP contribution in [0.2, 0.25) is 0 Å². The number of terminal acetylenes is 1. The van der Waals surface area contributed by atoms with Crippen LogP contribution in [0.15, 0.2) is 24.3 Å². The summed E-state index contributed by atoms with van der Waals surface area (Å²) in [4.78, 5) is 29.1. The molecule has 3 fully saturated rings. The number of carbonyl (C=O) groups excluding carboxylic acids is 1. The molecule has 43 heavy (non-hydrogen) atoms. The Labute approximate surface area is 248 Å². The second kappa shape index (κ2) is 10.9. The van der Waals surface area contributed by atoms with Gasteiger partial charge in [0.15, 0.2) is 0 Å². The highest BCUT2D eigenvalue weighted by Gasteiger charge is 2.49. The number of alkyl halides is 1. The summed E-state index contributed by atoms with van der Waals surface area (Å²) in [5.41, 5.74) is 1.26. The Bertz CT molecular complexity index is 1640. The van der Waals surface area contributed by atoms with Crippen molar-refractivity contribution in [1.82, 2.24) is 14.9 Å². The third-order valence-electron chi connectivity index (χ3n) is 9.21. The van der Waals surface area contributed by atoms with Gasteiger partial charge in [-0.1, -0.05) is 12.0 Å². The monoisotopic (exact) mass is 589 g/mol. The van der Waals surface area contributed by atoms with E-state index in [1.165, 1.54) is 29.2 Å². The van der Waals surface area contributed by atoms with E-state index in [-0.39, 0.29) is 48.3 Å². The summed E-state index contributed by atoms with van der Waals surface area (Å²) < 4.78 is 41.1. The van der Waals surface area contributed by atoms with Crippen LogP contribution >= 0.6 is 0 Å². The molecule has 4 aliphatic heterocycles. The molecule has 0 aliphatic carbocycles. The minimum absolute atomic E-state index is 0.00139. The Morgan fingerprint density at radius 1 is 1.19 bits per heavy atom. The van der Waals surface area contributed by atoms with Gasteiger partial charge in [0, 0.05) is 49.7 Å². The molecule has 1 amide bonds. The van der Waals surface area contributed by atoms with Gasteiger partial charge in [-0.25, -0.2) is 8.78 Å². The van der Waals surface area contributed by atoms with Crippen LogP contribution in [0.3, 0.4) is 0 Å². The molecule has 11 heteroatoms.